The number of hydrogen-bond acceptors (Lipinski definition) is 7. The number of aromatic nitrogens is 4. The van der Waals surface area contributed by atoms with E-state index in [1.54, 1.807) is 24.3 Å². The van der Waals surface area contributed by atoms with Gasteiger partial charge in [0.05, 0.1) is 11.3 Å². The molecule has 1 amide bonds. The summed E-state index contributed by atoms with van der Waals surface area (Å²) in [6.45, 7) is 1.49. The smallest absolute Gasteiger partial charge is 0.253 e. The Morgan fingerprint density at radius 2 is 2.20 bits per heavy atom. The standard InChI is InChI=1S/C16H20N8O/c1-24(2)9-5-8-18-16(25)13-6-3-4-7-14(13)19-11-12(10-17)15-20-22-23-21-15/h3-4,6-7,11,19H,5,8-9H2,1-2H3,(H,18,25)(H,20,21,22,23). The van der Waals surface area contributed by atoms with E-state index < -0.39 is 0 Å². The van der Waals surface area contributed by atoms with Crippen molar-refractivity contribution in [2.75, 3.05) is 32.5 Å². The van der Waals surface area contributed by atoms with Gasteiger partial charge in [0.15, 0.2) is 0 Å². The fourth-order valence-corrected chi connectivity index (χ4v) is 2.07. The lowest BCUT2D eigenvalue weighted by molar-refractivity contribution is 0.0953. The lowest BCUT2D eigenvalue weighted by Gasteiger charge is -2.12. The predicted octanol–water partition coefficient (Wildman–Crippen LogP) is 0.858. The van der Waals surface area contributed by atoms with Crippen LogP contribution in [0.25, 0.3) is 5.57 Å². The predicted molar refractivity (Wildman–Crippen MR) is 93.3 cm³/mol. The lowest BCUT2D eigenvalue weighted by Crippen LogP contribution is -2.27. The number of amides is 1. The van der Waals surface area contributed by atoms with Crippen LogP contribution in [0.2, 0.25) is 0 Å². The maximum absolute atomic E-state index is 12.4. The molecule has 130 valence electrons. The Morgan fingerprint density at radius 1 is 1.40 bits per heavy atom. The number of H-pyrrole nitrogens is 1. The summed E-state index contributed by atoms with van der Waals surface area (Å²) in [7, 11) is 3.98. The van der Waals surface area contributed by atoms with Crippen LogP contribution in [0.15, 0.2) is 30.5 Å². The number of aromatic amines is 1. The van der Waals surface area contributed by atoms with Gasteiger partial charge in [-0.1, -0.05) is 12.1 Å². The number of nitrogens with one attached hydrogen (secondary N) is 3. The minimum atomic E-state index is -0.173. The number of nitrogens with zero attached hydrogens (tertiary/aromatic N) is 5. The van der Waals surface area contributed by atoms with Crippen molar-refractivity contribution in [3.8, 4) is 6.07 Å². The molecule has 0 fully saturated rings. The van der Waals surface area contributed by atoms with Gasteiger partial charge in [-0.2, -0.15) is 10.5 Å². The molecule has 0 aliphatic carbocycles. The molecule has 2 rings (SSSR count). The highest BCUT2D eigenvalue weighted by Crippen LogP contribution is 2.16. The van der Waals surface area contributed by atoms with E-state index in [0.717, 1.165) is 13.0 Å². The summed E-state index contributed by atoms with van der Waals surface area (Å²) in [5.74, 6) is 0.00828. The molecule has 1 aromatic carbocycles. The highest BCUT2D eigenvalue weighted by molar-refractivity contribution is 5.99. The van der Waals surface area contributed by atoms with Gasteiger partial charge in [-0.25, -0.2) is 0 Å². The molecule has 1 aromatic heterocycles. The molecule has 0 atom stereocenters. The van der Waals surface area contributed by atoms with Crippen molar-refractivity contribution in [3.05, 3.63) is 41.9 Å². The summed E-state index contributed by atoms with van der Waals surface area (Å²) in [5, 5.41) is 28.3. The third-order valence-corrected chi connectivity index (χ3v) is 3.32. The first kappa shape index (κ1) is 18.1. The Bertz CT molecular complexity index is 761. The largest absolute Gasteiger partial charge is 0.360 e. The summed E-state index contributed by atoms with van der Waals surface area (Å²) in [4.78, 5) is 14.4. The molecule has 1 heterocycles. The SMILES string of the molecule is CN(C)CCCNC(=O)c1ccccc1NC=C(C#N)c1nn[nH]n1. The van der Waals surface area contributed by atoms with Gasteiger partial charge in [0.1, 0.15) is 11.6 Å². The second kappa shape index (κ2) is 9.14. The summed E-state index contributed by atoms with van der Waals surface area (Å²) >= 11 is 0. The Hall–Kier alpha value is -3.25. The number of benzene rings is 1. The minimum Gasteiger partial charge on any atom is -0.360 e. The van der Waals surface area contributed by atoms with Gasteiger partial charge in [-0.15, -0.1) is 10.2 Å². The number of para-hydroxylation sites is 1. The van der Waals surface area contributed by atoms with Crippen LogP contribution in [-0.2, 0) is 0 Å². The Kier molecular flexibility index (Phi) is 6.62. The van der Waals surface area contributed by atoms with Gasteiger partial charge in [-0.05, 0) is 44.4 Å². The lowest BCUT2D eigenvalue weighted by atomic mass is 10.1. The maximum atomic E-state index is 12.4. The highest BCUT2D eigenvalue weighted by Gasteiger charge is 2.11. The van der Waals surface area contributed by atoms with E-state index in [-0.39, 0.29) is 17.3 Å². The van der Waals surface area contributed by atoms with E-state index in [0.29, 0.717) is 17.8 Å². The van der Waals surface area contributed by atoms with Crippen molar-refractivity contribution in [2.45, 2.75) is 6.42 Å². The van der Waals surface area contributed by atoms with Crippen LogP contribution in [-0.4, -0.2) is 58.6 Å². The Labute approximate surface area is 145 Å². The molecule has 3 N–H and O–H groups in total. The maximum Gasteiger partial charge on any atom is 0.253 e. The van der Waals surface area contributed by atoms with Crippen LogP contribution in [0.3, 0.4) is 0 Å². The average Bonchev–Trinajstić information content (AvgIpc) is 3.14. The van der Waals surface area contributed by atoms with Crippen LogP contribution in [0.4, 0.5) is 5.69 Å². The van der Waals surface area contributed by atoms with E-state index in [4.69, 9.17) is 0 Å². The Balaban J connectivity index is 2.05. The van der Waals surface area contributed by atoms with Gasteiger partial charge in [0, 0.05) is 12.7 Å². The fourth-order valence-electron chi connectivity index (χ4n) is 2.07. The minimum absolute atomic E-state index is 0.173. The van der Waals surface area contributed by atoms with E-state index in [9.17, 15) is 10.1 Å². The summed E-state index contributed by atoms with van der Waals surface area (Å²) in [5.41, 5.74) is 1.29. The number of carbonyl (C=O) groups is 1. The van der Waals surface area contributed by atoms with Crippen LogP contribution in [0.5, 0.6) is 0 Å². The van der Waals surface area contributed by atoms with Gasteiger partial charge in [0.2, 0.25) is 5.82 Å². The molecule has 0 saturated carbocycles. The normalized spacial score (nSPS) is 11.2. The van der Waals surface area contributed by atoms with Crippen molar-refractivity contribution < 1.29 is 4.79 Å². The number of rotatable bonds is 8. The number of allylic oxidation sites excluding steroid dienone is 1. The summed E-state index contributed by atoms with van der Waals surface area (Å²) in [6.07, 6.45) is 2.31. The van der Waals surface area contributed by atoms with Crippen LogP contribution >= 0.6 is 0 Å². The first-order chi connectivity index (χ1) is 12.1. The molecule has 0 spiro atoms. The van der Waals surface area contributed by atoms with E-state index >= 15 is 0 Å². The second-order valence-electron chi connectivity index (χ2n) is 5.51. The molecule has 2 aromatic rings. The van der Waals surface area contributed by atoms with Gasteiger partial charge >= 0.3 is 0 Å². The summed E-state index contributed by atoms with van der Waals surface area (Å²) < 4.78 is 0. The first-order valence-electron chi connectivity index (χ1n) is 7.74. The average molecular weight is 340 g/mol. The monoisotopic (exact) mass is 340 g/mol. The molecule has 0 bridgehead atoms. The van der Waals surface area contributed by atoms with Crippen LogP contribution in [0.1, 0.15) is 22.6 Å². The van der Waals surface area contributed by atoms with Crippen molar-refractivity contribution in [1.29, 1.82) is 5.26 Å². The summed E-state index contributed by atoms with van der Waals surface area (Å²) in [6, 6.07) is 9.06. The molecule has 0 radical (unpaired) electrons. The Morgan fingerprint density at radius 3 is 2.88 bits per heavy atom. The zero-order valence-electron chi connectivity index (χ0n) is 14.2. The number of carbonyl (C=O) groups excluding carboxylic acids is 1. The van der Waals surface area contributed by atoms with E-state index in [1.807, 2.05) is 20.2 Å². The third-order valence-electron chi connectivity index (χ3n) is 3.32. The molecule has 25 heavy (non-hydrogen) atoms. The fraction of sp³-hybridized carbons (Fsp3) is 0.312. The number of anilines is 1. The van der Waals surface area contributed by atoms with Crippen molar-refractivity contribution in [2.24, 2.45) is 0 Å². The zero-order valence-corrected chi connectivity index (χ0v) is 14.2. The van der Waals surface area contributed by atoms with Gasteiger partial charge in [0.25, 0.3) is 5.91 Å². The quantitative estimate of drug-likeness (QED) is 0.481. The van der Waals surface area contributed by atoms with Crippen molar-refractivity contribution in [3.63, 3.8) is 0 Å². The first-order valence-corrected chi connectivity index (χ1v) is 7.74. The third kappa shape index (κ3) is 5.40. The van der Waals surface area contributed by atoms with Crippen LogP contribution < -0.4 is 10.6 Å². The topological polar surface area (TPSA) is 123 Å². The molecular weight excluding hydrogens is 320 g/mol. The highest BCUT2D eigenvalue weighted by atomic mass is 16.1. The van der Waals surface area contributed by atoms with Crippen molar-refractivity contribution >= 4 is 17.2 Å². The number of hydrogen-bond donors (Lipinski definition) is 3. The molecular formula is C16H20N8O. The number of nitriles is 1. The van der Waals surface area contributed by atoms with Crippen LogP contribution in [0, 0.1) is 11.3 Å². The molecule has 0 aliphatic heterocycles. The molecule has 0 aliphatic rings. The number of tetrazole rings is 1. The van der Waals surface area contributed by atoms with Gasteiger partial charge in [-0.3, -0.25) is 4.79 Å². The van der Waals surface area contributed by atoms with E-state index in [2.05, 4.69) is 36.2 Å². The molecule has 0 unspecified atom stereocenters. The molecule has 9 heteroatoms. The molecule has 0 saturated heterocycles. The van der Waals surface area contributed by atoms with E-state index in [1.165, 1.54) is 6.20 Å². The second-order valence-corrected chi connectivity index (χ2v) is 5.51. The zero-order chi connectivity index (χ0) is 18.1. The molecule has 9 nitrogen and oxygen atoms in total. The van der Waals surface area contributed by atoms with Crippen molar-refractivity contribution in [1.82, 2.24) is 30.8 Å². The van der Waals surface area contributed by atoms with Gasteiger partial charge < -0.3 is 15.5 Å².